The summed E-state index contributed by atoms with van der Waals surface area (Å²) in [6.07, 6.45) is 8.20. The summed E-state index contributed by atoms with van der Waals surface area (Å²) in [5, 5.41) is 37.7. The van der Waals surface area contributed by atoms with E-state index in [1.54, 1.807) is 28.7 Å². The zero-order chi connectivity index (χ0) is 24.2. The van der Waals surface area contributed by atoms with Crippen LogP contribution in [0.2, 0.25) is 0 Å². The Bertz CT molecular complexity index is 1730. The van der Waals surface area contributed by atoms with Crippen LogP contribution in [0.3, 0.4) is 0 Å². The van der Waals surface area contributed by atoms with Gasteiger partial charge in [0.1, 0.15) is 65.4 Å². The van der Waals surface area contributed by atoms with E-state index in [1.807, 2.05) is 24.3 Å². The van der Waals surface area contributed by atoms with Crippen molar-refractivity contribution < 1.29 is 4.74 Å². The van der Waals surface area contributed by atoms with Gasteiger partial charge in [-0.15, -0.1) is 45.3 Å². The third-order valence-electron chi connectivity index (χ3n) is 6.13. The first kappa shape index (κ1) is 21.9. The highest BCUT2D eigenvalue weighted by molar-refractivity contribution is 7.34. The second-order valence-corrected chi connectivity index (χ2v) is 12.2. The Balaban J connectivity index is 1.55. The van der Waals surface area contributed by atoms with E-state index in [1.165, 1.54) is 45.6 Å². The second kappa shape index (κ2) is 8.27. The molecule has 168 valence electrons. The molecule has 1 fully saturated rings. The molecule has 0 radical (unpaired) electrons. The van der Waals surface area contributed by atoms with E-state index in [0.29, 0.717) is 10.0 Å². The molecule has 0 bridgehead atoms. The molecule has 4 aromatic rings. The zero-order valence-corrected chi connectivity index (χ0v) is 21.2. The van der Waals surface area contributed by atoms with Gasteiger partial charge in [0.2, 0.25) is 0 Å². The summed E-state index contributed by atoms with van der Waals surface area (Å²) < 4.78 is 8.92. The average molecular weight is 529 g/mol. The van der Waals surface area contributed by atoms with E-state index in [4.69, 9.17) is 30.8 Å². The standard InChI is InChI=1S/C24H12N6OS4/c25-8-12(9-26)6-14-29-22-19(32-14)16-18(34-22)20-17(31-24(16)4-2-1-3-5-24)21-23(35-20)30-15(33-21)7-13(10-27)11-28/h6-7H,1-5H2. The number of hydrogen-bond acceptors (Lipinski definition) is 11. The lowest BCUT2D eigenvalue weighted by atomic mass is 9.78. The Labute approximate surface area is 215 Å². The minimum atomic E-state index is -0.446. The Morgan fingerprint density at radius 3 is 1.89 bits per heavy atom. The third-order valence-corrected chi connectivity index (χ3v) is 10.7. The Kier molecular flexibility index (Phi) is 5.18. The Hall–Kier alpha value is -3.58. The molecule has 1 aliphatic heterocycles. The van der Waals surface area contributed by atoms with E-state index in [9.17, 15) is 0 Å². The van der Waals surface area contributed by atoms with Gasteiger partial charge in [-0.1, -0.05) is 6.42 Å². The topological polar surface area (TPSA) is 130 Å². The fourth-order valence-electron chi connectivity index (χ4n) is 4.67. The molecule has 5 heterocycles. The average Bonchev–Trinajstić information content (AvgIpc) is 3.61. The van der Waals surface area contributed by atoms with Crippen molar-refractivity contribution in [2.24, 2.45) is 0 Å². The molecule has 7 nitrogen and oxygen atoms in total. The summed E-state index contributed by atoms with van der Waals surface area (Å²) in [4.78, 5) is 13.3. The van der Waals surface area contributed by atoms with E-state index in [-0.39, 0.29) is 11.1 Å². The van der Waals surface area contributed by atoms with Crippen LogP contribution in [0.4, 0.5) is 0 Å². The van der Waals surface area contributed by atoms with Crippen LogP contribution in [0.5, 0.6) is 5.75 Å². The van der Waals surface area contributed by atoms with Gasteiger partial charge in [0, 0.05) is 17.7 Å². The summed E-state index contributed by atoms with van der Waals surface area (Å²) in [5.41, 5.74) is 0.801. The molecule has 0 N–H and O–H groups in total. The van der Waals surface area contributed by atoms with Crippen LogP contribution in [0.1, 0.15) is 47.7 Å². The molecule has 35 heavy (non-hydrogen) atoms. The maximum absolute atomic E-state index is 9.14. The van der Waals surface area contributed by atoms with Gasteiger partial charge in [-0.2, -0.15) is 21.0 Å². The maximum atomic E-state index is 9.14. The highest BCUT2D eigenvalue weighted by atomic mass is 32.1. The lowest BCUT2D eigenvalue weighted by molar-refractivity contribution is 0.0282. The molecular weight excluding hydrogens is 517 g/mol. The van der Waals surface area contributed by atoms with E-state index in [2.05, 4.69) is 4.98 Å². The highest BCUT2D eigenvalue weighted by Crippen LogP contribution is 2.61. The van der Waals surface area contributed by atoms with Gasteiger partial charge < -0.3 is 4.74 Å². The first-order chi connectivity index (χ1) is 17.1. The number of rotatable bonds is 2. The normalized spacial score (nSPS) is 15.2. The van der Waals surface area contributed by atoms with Gasteiger partial charge in [0.05, 0.1) is 14.5 Å². The molecule has 0 aromatic carbocycles. The van der Waals surface area contributed by atoms with Gasteiger partial charge in [-0.25, -0.2) is 9.97 Å². The summed E-state index contributed by atoms with van der Waals surface area (Å²) in [7, 11) is 0. The van der Waals surface area contributed by atoms with Gasteiger partial charge in [-0.3, -0.25) is 0 Å². The quantitative estimate of drug-likeness (QED) is 0.253. The molecule has 1 saturated carbocycles. The lowest BCUT2D eigenvalue weighted by Crippen LogP contribution is -2.37. The SMILES string of the molecule is N#CC(C#N)=Cc1nc2sc3c(c2s1)OC1(CCCCC1)c1c-3sc2nc(C=C(C#N)C#N)sc12. The van der Waals surface area contributed by atoms with Crippen LogP contribution < -0.4 is 4.74 Å². The predicted molar refractivity (Wildman–Crippen MR) is 138 cm³/mol. The number of nitriles is 4. The van der Waals surface area contributed by atoms with Gasteiger partial charge in [-0.05, 0) is 25.7 Å². The second-order valence-electron chi connectivity index (χ2n) is 8.16. The molecule has 4 aromatic heterocycles. The van der Waals surface area contributed by atoms with Crippen molar-refractivity contribution in [3.8, 4) is 39.8 Å². The first-order valence-electron chi connectivity index (χ1n) is 10.7. The number of aromatic nitrogens is 2. The van der Waals surface area contributed by atoms with E-state index < -0.39 is 5.60 Å². The molecule has 11 heteroatoms. The molecule has 6 rings (SSSR count). The first-order valence-corrected chi connectivity index (χ1v) is 14.0. The van der Waals surface area contributed by atoms with Crippen molar-refractivity contribution in [2.45, 2.75) is 37.7 Å². The van der Waals surface area contributed by atoms with Crippen LogP contribution in [0.25, 0.3) is 41.0 Å². The van der Waals surface area contributed by atoms with Crippen molar-refractivity contribution in [1.29, 1.82) is 21.0 Å². The Morgan fingerprint density at radius 1 is 0.743 bits per heavy atom. The van der Waals surface area contributed by atoms with E-state index in [0.717, 1.165) is 55.4 Å². The lowest BCUT2D eigenvalue weighted by Gasteiger charge is -2.40. The number of thiazole rings is 2. The molecule has 1 aliphatic carbocycles. The number of nitrogens with zero attached hydrogens (tertiary/aromatic N) is 6. The van der Waals surface area contributed by atoms with Crippen molar-refractivity contribution in [3.05, 3.63) is 26.7 Å². The van der Waals surface area contributed by atoms with Gasteiger partial charge in [0.15, 0.2) is 5.75 Å². The molecule has 2 aliphatic rings. The van der Waals surface area contributed by atoms with Gasteiger partial charge in [0.25, 0.3) is 0 Å². The summed E-state index contributed by atoms with van der Waals surface area (Å²) in [5.74, 6) is 0.845. The van der Waals surface area contributed by atoms with E-state index >= 15 is 0 Å². The summed E-state index contributed by atoms with van der Waals surface area (Å²) >= 11 is 6.14. The molecule has 0 atom stereocenters. The minimum absolute atomic E-state index is 0.0256. The summed E-state index contributed by atoms with van der Waals surface area (Å²) in [6.45, 7) is 0. The van der Waals surface area contributed by atoms with Crippen molar-refractivity contribution in [3.63, 3.8) is 0 Å². The largest absolute Gasteiger partial charge is 0.479 e. The molecule has 1 spiro atoms. The highest BCUT2D eigenvalue weighted by Gasteiger charge is 2.46. The number of thiophene rings is 2. The number of hydrogen-bond donors (Lipinski definition) is 0. The van der Waals surface area contributed by atoms with Crippen molar-refractivity contribution >= 4 is 76.6 Å². The van der Waals surface area contributed by atoms with Crippen LogP contribution >= 0.6 is 45.3 Å². The molecular formula is C24H12N6OS4. The number of fused-ring (bicyclic) bond motifs is 8. The van der Waals surface area contributed by atoms with Crippen LogP contribution in [-0.4, -0.2) is 9.97 Å². The smallest absolute Gasteiger partial charge is 0.159 e. The fraction of sp³-hybridized carbons (Fsp3) is 0.250. The van der Waals surface area contributed by atoms with Crippen LogP contribution in [-0.2, 0) is 5.60 Å². The van der Waals surface area contributed by atoms with Crippen molar-refractivity contribution in [2.75, 3.05) is 0 Å². The molecule has 0 amide bonds. The Morgan fingerprint density at radius 2 is 1.29 bits per heavy atom. The summed E-state index contributed by atoms with van der Waals surface area (Å²) in [6, 6.07) is 7.59. The van der Waals surface area contributed by atoms with Crippen LogP contribution in [0.15, 0.2) is 11.1 Å². The van der Waals surface area contributed by atoms with Crippen molar-refractivity contribution in [1.82, 2.24) is 9.97 Å². The fourth-order valence-corrected chi connectivity index (χ4v) is 9.66. The molecule has 0 unspecified atom stereocenters. The maximum Gasteiger partial charge on any atom is 0.159 e. The predicted octanol–water partition coefficient (Wildman–Crippen LogP) is 7.11. The third kappa shape index (κ3) is 3.37. The van der Waals surface area contributed by atoms with Crippen LogP contribution in [0, 0.1) is 45.3 Å². The number of ether oxygens (including phenoxy) is 1. The number of allylic oxidation sites excluding steroid dienone is 2. The minimum Gasteiger partial charge on any atom is -0.479 e. The zero-order valence-electron chi connectivity index (χ0n) is 17.9. The monoisotopic (exact) mass is 528 g/mol. The molecule has 0 saturated heterocycles. The van der Waals surface area contributed by atoms with Gasteiger partial charge >= 0.3 is 0 Å².